The van der Waals surface area contributed by atoms with E-state index in [0.717, 1.165) is 12.1 Å². The molecule has 0 radical (unpaired) electrons. The SMILES string of the molecule is CC(C)(C)CNC(=O)Cc1ccsc1. The van der Waals surface area contributed by atoms with Crippen LogP contribution in [0.2, 0.25) is 0 Å². The summed E-state index contributed by atoms with van der Waals surface area (Å²) in [5.41, 5.74) is 1.26. The third-order valence-corrected chi connectivity index (χ3v) is 2.49. The van der Waals surface area contributed by atoms with Crippen LogP contribution in [0.15, 0.2) is 16.8 Å². The molecule has 0 saturated heterocycles. The lowest BCUT2D eigenvalue weighted by Gasteiger charge is -2.18. The van der Waals surface area contributed by atoms with Gasteiger partial charge in [-0.05, 0) is 27.8 Å². The van der Waals surface area contributed by atoms with E-state index < -0.39 is 0 Å². The molecule has 0 aromatic carbocycles. The second kappa shape index (κ2) is 4.60. The van der Waals surface area contributed by atoms with Gasteiger partial charge in [-0.1, -0.05) is 20.8 Å². The highest BCUT2D eigenvalue weighted by Gasteiger charge is 2.11. The molecule has 1 rings (SSSR count). The van der Waals surface area contributed by atoms with Crippen LogP contribution in [0.4, 0.5) is 0 Å². The number of nitrogens with one attached hydrogen (secondary N) is 1. The minimum absolute atomic E-state index is 0.110. The zero-order valence-corrected chi connectivity index (χ0v) is 9.78. The number of thiophene rings is 1. The Bertz CT molecular complexity index is 285. The van der Waals surface area contributed by atoms with E-state index in [1.54, 1.807) is 11.3 Å². The Morgan fingerprint density at radius 2 is 2.21 bits per heavy atom. The van der Waals surface area contributed by atoms with Crippen LogP contribution in [0.1, 0.15) is 26.3 Å². The van der Waals surface area contributed by atoms with Gasteiger partial charge in [0.15, 0.2) is 0 Å². The van der Waals surface area contributed by atoms with Crippen LogP contribution in [0, 0.1) is 5.41 Å². The van der Waals surface area contributed by atoms with Crippen LogP contribution in [-0.2, 0) is 11.2 Å². The van der Waals surface area contributed by atoms with E-state index in [2.05, 4.69) is 26.1 Å². The third-order valence-electron chi connectivity index (χ3n) is 1.76. The van der Waals surface area contributed by atoms with Crippen LogP contribution < -0.4 is 5.32 Å². The second-order valence-corrected chi connectivity index (χ2v) is 5.43. The Kier molecular flexibility index (Phi) is 3.69. The second-order valence-electron chi connectivity index (χ2n) is 4.65. The monoisotopic (exact) mass is 211 g/mol. The van der Waals surface area contributed by atoms with E-state index in [-0.39, 0.29) is 11.3 Å². The van der Waals surface area contributed by atoms with Gasteiger partial charge in [0, 0.05) is 6.54 Å². The fourth-order valence-corrected chi connectivity index (χ4v) is 1.67. The standard InChI is InChI=1S/C11H17NOS/c1-11(2,3)8-12-10(13)6-9-4-5-14-7-9/h4-5,7H,6,8H2,1-3H3,(H,12,13). The molecule has 0 atom stereocenters. The van der Waals surface area contributed by atoms with E-state index in [1.807, 2.05) is 16.8 Å². The van der Waals surface area contributed by atoms with Crippen molar-refractivity contribution >= 4 is 17.2 Å². The van der Waals surface area contributed by atoms with Crippen LogP contribution >= 0.6 is 11.3 Å². The summed E-state index contributed by atoms with van der Waals surface area (Å²) in [4.78, 5) is 11.5. The molecule has 1 aromatic rings. The average Bonchev–Trinajstić information content (AvgIpc) is 2.52. The molecule has 0 saturated carbocycles. The molecule has 14 heavy (non-hydrogen) atoms. The Morgan fingerprint density at radius 3 is 2.71 bits per heavy atom. The van der Waals surface area contributed by atoms with Crippen molar-refractivity contribution in [1.29, 1.82) is 0 Å². The molecule has 1 amide bonds. The Hall–Kier alpha value is -0.830. The van der Waals surface area contributed by atoms with E-state index >= 15 is 0 Å². The van der Waals surface area contributed by atoms with E-state index in [1.165, 1.54) is 0 Å². The highest BCUT2D eigenvalue weighted by atomic mass is 32.1. The van der Waals surface area contributed by atoms with Crippen LogP contribution in [0.5, 0.6) is 0 Å². The lowest BCUT2D eigenvalue weighted by atomic mass is 9.97. The van der Waals surface area contributed by atoms with Crippen molar-refractivity contribution in [2.75, 3.05) is 6.54 Å². The molecule has 0 fully saturated rings. The molecule has 1 aromatic heterocycles. The van der Waals surface area contributed by atoms with Crippen LogP contribution in [-0.4, -0.2) is 12.5 Å². The summed E-state index contributed by atoms with van der Waals surface area (Å²) in [6.45, 7) is 7.06. The minimum Gasteiger partial charge on any atom is -0.355 e. The maximum Gasteiger partial charge on any atom is 0.224 e. The first kappa shape index (κ1) is 11.2. The highest BCUT2D eigenvalue weighted by Crippen LogP contribution is 2.11. The summed E-state index contributed by atoms with van der Waals surface area (Å²) in [7, 11) is 0. The summed E-state index contributed by atoms with van der Waals surface area (Å²) in [5, 5.41) is 6.93. The first-order valence-electron chi connectivity index (χ1n) is 4.75. The Balaban J connectivity index is 2.30. The quantitative estimate of drug-likeness (QED) is 0.817. The van der Waals surface area contributed by atoms with E-state index in [4.69, 9.17) is 0 Å². The van der Waals surface area contributed by atoms with Gasteiger partial charge in [0.25, 0.3) is 0 Å². The predicted molar refractivity (Wildman–Crippen MR) is 60.5 cm³/mol. The molecule has 0 aliphatic carbocycles. The Labute approximate surface area is 89.3 Å². The number of amides is 1. The van der Waals surface area contributed by atoms with Crippen LogP contribution in [0.25, 0.3) is 0 Å². The summed E-state index contributed by atoms with van der Waals surface area (Å²) >= 11 is 1.63. The van der Waals surface area contributed by atoms with E-state index in [9.17, 15) is 4.79 Å². The van der Waals surface area contributed by atoms with Gasteiger partial charge < -0.3 is 5.32 Å². The molecule has 0 spiro atoms. The summed E-state index contributed by atoms with van der Waals surface area (Å²) in [6.07, 6.45) is 0.500. The van der Waals surface area contributed by atoms with Crippen molar-refractivity contribution < 1.29 is 4.79 Å². The topological polar surface area (TPSA) is 29.1 Å². The molecule has 0 bridgehead atoms. The lowest BCUT2D eigenvalue weighted by Crippen LogP contribution is -2.33. The largest absolute Gasteiger partial charge is 0.355 e. The van der Waals surface area contributed by atoms with E-state index in [0.29, 0.717) is 6.42 Å². The highest BCUT2D eigenvalue weighted by molar-refractivity contribution is 7.07. The first-order chi connectivity index (χ1) is 6.47. The number of carbonyl (C=O) groups is 1. The molecular weight excluding hydrogens is 194 g/mol. The van der Waals surface area contributed by atoms with Gasteiger partial charge in [0.2, 0.25) is 5.91 Å². The molecule has 1 heterocycles. The van der Waals surface area contributed by atoms with Crippen molar-refractivity contribution in [3.05, 3.63) is 22.4 Å². The summed E-state index contributed by atoms with van der Waals surface area (Å²) in [6, 6.07) is 1.99. The lowest BCUT2D eigenvalue weighted by molar-refractivity contribution is -0.120. The number of rotatable bonds is 3. The Morgan fingerprint density at radius 1 is 1.50 bits per heavy atom. The third kappa shape index (κ3) is 4.42. The number of carbonyl (C=O) groups excluding carboxylic acids is 1. The van der Waals surface area contributed by atoms with Crippen LogP contribution in [0.3, 0.4) is 0 Å². The van der Waals surface area contributed by atoms with Gasteiger partial charge in [-0.3, -0.25) is 4.79 Å². The fourth-order valence-electron chi connectivity index (χ4n) is 1.00. The van der Waals surface area contributed by atoms with Crippen molar-refractivity contribution in [3.8, 4) is 0 Å². The van der Waals surface area contributed by atoms with Gasteiger partial charge in [-0.15, -0.1) is 0 Å². The molecular formula is C11H17NOS. The smallest absolute Gasteiger partial charge is 0.224 e. The molecule has 1 N–H and O–H groups in total. The fraction of sp³-hybridized carbons (Fsp3) is 0.545. The summed E-state index contributed by atoms with van der Waals surface area (Å²) in [5.74, 6) is 0.110. The molecule has 0 aliphatic heterocycles. The molecule has 0 aliphatic rings. The van der Waals surface area contributed by atoms with Gasteiger partial charge in [-0.25, -0.2) is 0 Å². The molecule has 3 heteroatoms. The van der Waals surface area contributed by atoms with Gasteiger partial charge in [0.1, 0.15) is 0 Å². The summed E-state index contributed by atoms with van der Waals surface area (Å²) < 4.78 is 0. The first-order valence-corrected chi connectivity index (χ1v) is 5.69. The van der Waals surface area contributed by atoms with Gasteiger partial charge >= 0.3 is 0 Å². The van der Waals surface area contributed by atoms with Crippen molar-refractivity contribution in [2.45, 2.75) is 27.2 Å². The maximum atomic E-state index is 11.5. The zero-order chi connectivity index (χ0) is 10.6. The predicted octanol–water partition coefficient (Wildman–Crippen LogP) is 2.45. The van der Waals surface area contributed by atoms with Gasteiger partial charge in [-0.2, -0.15) is 11.3 Å². The average molecular weight is 211 g/mol. The van der Waals surface area contributed by atoms with Gasteiger partial charge in [0.05, 0.1) is 6.42 Å². The number of hydrogen-bond acceptors (Lipinski definition) is 2. The molecule has 0 unspecified atom stereocenters. The molecule has 2 nitrogen and oxygen atoms in total. The zero-order valence-electron chi connectivity index (χ0n) is 8.96. The van der Waals surface area contributed by atoms with Crippen molar-refractivity contribution in [2.24, 2.45) is 5.41 Å². The van der Waals surface area contributed by atoms with Crippen molar-refractivity contribution in [3.63, 3.8) is 0 Å². The maximum absolute atomic E-state index is 11.5. The number of hydrogen-bond donors (Lipinski definition) is 1. The molecule has 78 valence electrons. The van der Waals surface area contributed by atoms with Crippen molar-refractivity contribution in [1.82, 2.24) is 5.32 Å². The minimum atomic E-state index is 0.110. The normalized spacial score (nSPS) is 11.4.